The molecule has 3 unspecified atom stereocenters. The molecule has 1 aromatic rings. The number of esters is 1. The van der Waals surface area contributed by atoms with Crippen LogP contribution in [0.25, 0.3) is 0 Å². The van der Waals surface area contributed by atoms with Crippen LogP contribution in [0.15, 0.2) is 12.1 Å². The Morgan fingerprint density at radius 1 is 1.04 bits per heavy atom. The van der Waals surface area contributed by atoms with E-state index in [0.29, 0.717) is 19.3 Å². The molecule has 4 heteroatoms. The number of rotatable bonds is 5. The van der Waals surface area contributed by atoms with Crippen LogP contribution in [0.2, 0.25) is 0 Å². The number of Topliss-reactive ketones (excluding diaryl/α,β-unsaturated/α-hetero) is 1. The molecule has 3 atom stereocenters. The van der Waals surface area contributed by atoms with Crippen LogP contribution < -0.4 is 0 Å². The van der Waals surface area contributed by atoms with Crippen LogP contribution in [-0.2, 0) is 25.5 Å². The summed E-state index contributed by atoms with van der Waals surface area (Å²) in [4.78, 5) is 25.1. The van der Waals surface area contributed by atoms with Crippen molar-refractivity contribution in [3.8, 4) is 0 Å². The number of ketones is 1. The van der Waals surface area contributed by atoms with Gasteiger partial charge in [-0.15, -0.1) is 0 Å². The molecule has 0 amide bonds. The molecular weight excluding hydrogens is 304 g/mol. The van der Waals surface area contributed by atoms with Gasteiger partial charge in [0.05, 0.1) is 19.1 Å². The van der Waals surface area contributed by atoms with Gasteiger partial charge in [-0.25, -0.2) is 0 Å². The van der Waals surface area contributed by atoms with Gasteiger partial charge in [0.15, 0.2) is 0 Å². The Hall–Kier alpha value is -1.68. The predicted molar refractivity (Wildman–Crippen MR) is 93.0 cm³/mol. The van der Waals surface area contributed by atoms with Gasteiger partial charge in [0.2, 0.25) is 0 Å². The molecule has 0 spiro atoms. The molecule has 0 radical (unpaired) electrons. The fourth-order valence-corrected chi connectivity index (χ4v) is 3.94. The van der Waals surface area contributed by atoms with E-state index in [1.807, 2.05) is 13.8 Å². The van der Waals surface area contributed by atoms with Crippen LogP contribution in [0, 0.1) is 32.6 Å². The second kappa shape index (κ2) is 7.93. The quantitative estimate of drug-likeness (QED) is 0.776. The Kier molecular flexibility index (Phi) is 6.16. The number of methoxy groups -OCH3 is 2. The number of ether oxygens (including phenoxy) is 2. The lowest BCUT2D eigenvalue weighted by Crippen LogP contribution is -2.39. The van der Waals surface area contributed by atoms with E-state index in [-0.39, 0.29) is 23.8 Å². The van der Waals surface area contributed by atoms with Crippen LogP contribution in [0.5, 0.6) is 0 Å². The van der Waals surface area contributed by atoms with Gasteiger partial charge >= 0.3 is 5.97 Å². The maximum Gasteiger partial charge on any atom is 0.309 e. The van der Waals surface area contributed by atoms with Gasteiger partial charge in [-0.2, -0.15) is 0 Å². The summed E-state index contributed by atoms with van der Waals surface area (Å²) < 4.78 is 10.3. The van der Waals surface area contributed by atoms with Gasteiger partial charge in [0.25, 0.3) is 0 Å². The third kappa shape index (κ3) is 4.04. The van der Waals surface area contributed by atoms with Crippen molar-refractivity contribution in [1.29, 1.82) is 0 Å². The molecule has 0 heterocycles. The van der Waals surface area contributed by atoms with Crippen molar-refractivity contribution < 1.29 is 19.1 Å². The van der Waals surface area contributed by atoms with E-state index in [1.54, 1.807) is 7.11 Å². The van der Waals surface area contributed by atoms with Gasteiger partial charge in [-0.1, -0.05) is 17.7 Å². The minimum absolute atomic E-state index is 0.0287. The minimum atomic E-state index is -0.396. The number of benzene rings is 1. The second-order valence-electron chi connectivity index (χ2n) is 6.93. The SMILES string of the molecule is COC(=O)C1CC(OC)CCC1C(=O)Cc1c(C)cc(C)cc1C. The maximum absolute atomic E-state index is 12.9. The molecule has 2 rings (SSSR count). The number of carbonyl (C=O) groups is 2. The fraction of sp³-hybridized carbons (Fsp3) is 0.600. The molecule has 132 valence electrons. The molecular formula is C20H28O4. The van der Waals surface area contributed by atoms with Gasteiger partial charge in [0.1, 0.15) is 5.78 Å². The lowest BCUT2D eigenvalue weighted by atomic mass is 9.74. The lowest BCUT2D eigenvalue weighted by Gasteiger charge is -2.33. The molecule has 0 N–H and O–H groups in total. The Morgan fingerprint density at radius 2 is 1.67 bits per heavy atom. The number of hydrogen-bond acceptors (Lipinski definition) is 4. The van der Waals surface area contributed by atoms with Gasteiger partial charge < -0.3 is 9.47 Å². The molecule has 0 saturated heterocycles. The Labute approximate surface area is 144 Å². The standard InChI is InChI=1S/C20H28O4/c1-12-8-13(2)17(14(3)9-12)11-19(21)16-7-6-15(23-4)10-18(16)20(22)24-5/h8-9,15-16,18H,6-7,10-11H2,1-5H3. The van der Waals surface area contributed by atoms with Crippen molar-refractivity contribution in [2.24, 2.45) is 11.8 Å². The monoisotopic (exact) mass is 332 g/mol. The third-order valence-electron chi connectivity index (χ3n) is 5.24. The van der Waals surface area contributed by atoms with Crippen molar-refractivity contribution in [3.63, 3.8) is 0 Å². The summed E-state index contributed by atoms with van der Waals surface area (Å²) in [5.41, 5.74) is 4.57. The Morgan fingerprint density at radius 3 is 2.21 bits per heavy atom. The summed E-state index contributed by atoms with van der Waals surface area (Å²) >= 11 is 0. The zero-order chi connectivity index (χ0) is 17.9. The number of carbonyl (C=O) groups excluding carboxylic acids is 2. The molecule has 0 aromatic heterocycles. The third-order valence-corrected chi connectivity index (χ3v) is 5.24. The van der Waals surface area contributed by atoms with Crippen LogP contribution in [0.1, 0.15) is 41.5 Å². The van der Waals surface area contributed by atoms with E-state index in [2.05, 4.69) is 19.1 Å². The average molecular weight is 332 g/mol. The average Bonchev–Trinajstić information content (AvgIpc) is 2.56. The first-order chi connectivity index (χ1) is 11.4. The number of aryl methyl sites for hydroxylation is 3. The Bertz CT molecular complexity index is 597. The summed E-state index contributed by atoms with van der Waals surface area (Å²) in [5.74, 6) is -0.835. The van der Waals surface area contributed by atoms with Gasteiger partial charge in [-0.05, 0) is 56.7 Å². The van der Waals surface area contributed by atoms with Crippen molar-refractivity contribution in [2.75, 3.05) is 14.2 Å². The van der Waals surface area contributed by atoms with E-state index in [9.17, 15) is 9.59 Å². The topological polar surface area (TPSA) is 52.6 Å². The highest BCUT2D eigenvalue weighted by Gasteiger charge is 2.39. The molecule has 0 bridgehead atoms. The second-order valence-corrected chi connectivity index (χ2v) is 6.93. The largest absolute Gasteiger partial charge is 0.469 e. The molecule has 4 nitrogen and oxygen atoms in total. The minimum Gasteiger partial charge on any atom is -0.469 e. The normalized spacial score (nSPS) is 23.8. The van der Waals surface area contributed by atoms with E-state index in [4.69, 9.17) is 9.47 Å². The molecule has 1 fully saturated rings. The van der Waals surface area contributed by atoms with E-state index in [0.717, 1.165) is 23.1 Å². The summed E-state index contributed by atoms with van der Waals surface area (Å²) in [7, 11) is 3.04. The van der Waals surface area contributed by atoms with Crippen molar-refractivity contribution in [1.82, 2.24) is 0 Å². The van der Waals surface area contributed by atoms with Crippen LogP contribution in [-0.4, -0.2) is 32.1 Å². The van der Waals surface area contributed by atoms with Crippen LogP contribution in [0.3, 0.4) is 0 Å². The zero-order valence-electron chi connectivity index (χ0n) is 15.3. The summed E-state index contributed by atoms with van der Waals surface area (Å²) in [6, 6.07) is 4.21. The maximum atomic E-state index is 12.9. The molecule has 0 aliphatic heterocycles. The first-order valence-corrected chi connectivity index (χ1v) is 8.57. The first kappa shape index (κ1) is 18.7. The predicted octanol–water partition coefficient (Wildman–Crippen LogP) is 3.33. The van der Waals surface area contributed by atoms with E-state index < -0.39 is 5.92 Å². The van der Waals surface area contributed by atoms with Crippen LogP contribution in [0.4, 0.5) is 0 Å². The molecule has 1 saturated carbocycles. The number of hydrogen-bond donors (Lipinski definition) is 0. The van der Waals surface area contributed by atoms with Crippen molar-refractivity contribution in [2.45, 2.75) is 52.6 Å². The molecule has 1 aliphatic carbocycles. The molecule has 24 heavy (non-hydrogen) atoms. The van der Waals surface area contributed by atoms with Crippen molar-refractivity contribution in [3.05, 3.63) is 34.4 Å². The van der Waals surface area contributed by atoms with Crippen LogP contribution >= 0.6 is 0 Å². The van der Waals surface area contributed by atoms with E-state index in [1.165, 1.54) is 12.7 Å². The highest BCUT2D eigenvalue weighted by molar-refractivity contribution is 5.89. The summed E-state index contributed by atoms with van der Waals surface area (Å²) in [6.07, 6.45) is 2.47. The smallest absolute Gasteiger partial charge is 0.309 e. The van der Waals surface area contributed by atoms with E-state index >= 15 is 0 Å². The highest BCUT2D eigenvalue weighted by atomic mass is 16.5. The highest BCUT2D eigenvalue weighted by Crippen LogP contribution is 2.34. The van der Waals surface area contributed by atoms with Gasteiger partial charge in [0, 0.05) is 19.4 Å². The first-order valence-electron chi connectivity index (χ1n) is 8.57. The lowest BCUT2D eigenvalue weighted by molar-refractivity contribution is -0.154. The Balaban J connectivity index is 2.20. The zero-order valence-corrected chi connectivity index (χ0v) is 15.3. The summed E-state index contributed by atoms with van der Waals surface area (Å²) in [6.45, 7) is 6.15. The summed E-state index contributed by atoms with van der Waals surface area (Å²) in [5, 5.41) is 0. The fourth-order valence-electron chi connectivity index (χ4n) is 3.94. The molecule has 1 aromatic carbocycles. The molecule has 1 aliphatic rings. The van der Waals surface area contributed by atoms with Gasteiger partial charge in [-0.3, -0.25) is 9.59 Å². The van der Waals surface area contributed by atoms with Crippen molar-refractivity contribution >= 4 is 11.8 Å².